The molecular weight excluding hydrogens is 452 g/mol. The topological polar surface area (TPSA) is 123 Å². The second kappa shape index (κ2) is 8.32. The number of aryl methyl sites for hydroxylation is 2. The summed E-state index contributed by atoms with van der Waals surface area (Å²) >= 11 is 1.37. The van der Waals surface area contributed by atoms with Crippen molar-refractivity contribution < 1.29 is 18.1 Å². The minimum absolute atomic E-state index is 0.0123. The molecule has 1 aliphatic heterocycles. The number of nitrogens with one attached hydrogen (secondary N) is 1. The number of carbonyl (C=O) groups is 1. The molecule has 0 bridgehead atoms. The van der Waals surface area contributed by atoms with E-state index in [4.69, 9.17) is 0 Å². The normalized spacial score (nSPS) is 13.5. The Morgan fingerprint density at radius 3 is 2.59 bits per heavy atom. The zero-order valence-electron chi connectivity index (χ0n) is 17.4. The van der Waals surface area contributed by atoms with Crippen molar-refractivity contribution in [2.45, 2.75) is 31.6 Å². The van der Waals surface area contributed by atoms with E-state index in [0.717, 1.165) is 28.1 Å². The number of hydrogen-bond donors (Lipinski definition) is 1. The van der Waals surface area contributed by atoms with E-state index >= 15 is 0 Å². The Bertz CT molecular complexity index is 1320. The number of aromatic nitrogens is 1. The molecule has 0 saturated carbocycles. The number of benzene rings is 2. The second-order valence-electron chi connectivity index (χ2n) is 7.39. The molecule has 0 aliphatic carbocycles. The van der Waals surface area contributed by atoms with Crippen molar-refractivity contribution in [2.24, 2.45) is 0 Å². The molecule has 2 aromatic carbocycles. The van der Waals surface area contributed by atoms with Crippen molar-refractivity contribution >= 4 is 43.8 Å². The van der Waals surface area contributed by atoms with Gasteiger partial charge in [-0.3, -0.25) is 19.2 Å². The third-order valence-electron chi connectivity index (χ3n) is 5.13. The Labute approximate surface area is 188 Å². The van der Waals surface area contributed by atoms with Crippen molar-refractivity contribution in [1.29, 1.82) is 0 Å². The molecule has 0 saturated heterocycles. The number of nitrogens with zero attached hydrogens (tertiary/aromatic N) is 3. The predicted molar refractivity (Wildman–Crippen MR) is 123 cm³/mol. The van der Waals surface area contributed by atoms with Gasteiger partial charge in [0, 0.05) is 25.6 Å². The Hall–Kier alpha value is -3.31. The molecule has 1 N–H and O–H groups in total. The van der Waals surface area contributed by atoms with E-state index < -0.39 is 14.9 Å². The van der Waals surface area contributed by atoms with Crippen molar-refractivity contribution in [3.8, 4) is 10.4 Å². The Morgan fingerprint density at radius 1 is 1.22 bits per heavy atom. The van der Waals surface area contributed by atoms with Gasteiger partial charge in [-0.15, -0.1) is 0 Å². The lowest BCUT2D eigenvalue weighted by Crippen LogP contribution is -2.35. The number of non-ortho nitro benzene ring substituents is 1. The molecule has 166 valence electrons. The number of hydrogen-bond acceptors (Lipinski definition) is 7. The maximum atomic E-state index is 13.3. The molecule has 32 heavy (non-hydrogen) atoms. The summed E-state index contributed by atoms with van der Waals surface area (Å²) in [6.45, 7) is 3.62. The number of nitro benzene ring substituents is 1. The van der Waals surface area contributed by atoms with E-state index in [1.165, 1.54) is 46.8 Å². The molecule has 1 aromatic heterocycles. The highest BCUT2D eigenvalue weighted by atomic mass is 32.2. The van der Waals surface area contributed by atoms with Crippen molar-refractivity contribution in [3.05, 3.63) is 63.8 Å². The van der Waals surface area contributed by atoms with Gasteiger partial charge in [0.25, 0.3) is 15.7 Å². The van der Waals surface area contributed by atoms with Gasteiger partial charge in [-0.1, -0.05) is 17.4 Å². The monoisotopic (exact) mass is 472 g/mol. The fraction of sp³-hybridized carbons (Fsp3) is 0.238. The summed E-state index contributed by atoms with van der Waals surface area (Å²) in [4.78, 5) is 26.9. The van der Waals surface area contributed by atoms with Crippen LogP contribution in [0.4, 0.5) is 16.5 Å². The first-order valence-corrected chi connectivity index (χ1v) is 12.1. The van der Waals surface area contributed by atoms with Crippen LogP contribution >= 0.6 is 11.3 Å². The molecule has 0 fully saturated rings. The summed E-state index contributed by atoms with van der Waals surface area (Å²) in [5.41, 5.74) is 3.02. The van der Waals surface area contributed by atoms with Crippen molar-refractivity contribution in [2.75, 3.05) is 16.2 Å². The Balaban J connectivity index is 1.68. The van der Waals surface area contributed by atoms with Gasteiger partial charge in [0.1, 0.15) is 0 Å². The first kappa shape index (κ1) is 21.9. The Kier molecular flexibility index (Phi) is 5.70. The van der Waals surface area contributed by atoms with Crippen LogP contribution < -0.4 is 9.62 Å². The number of rotatable bonds is 5. The first-order chi connectivity index (χ1) is 15.2. The van der Waals surface area contributed by atoms with E-state index in [2.05, 4.69) is 10.3 Å². The number of carbonyl (C=O) groups excluding carboxylic acids is 1. The van der Waals surface area contributed by atoms with E-state index in [-0.39, 0.29) is 16.5 Å². The SMILES string of the molecule is CC(=O)Nc1nc(C)c(-c2ccc3c(c2)CCCN3S(=O)(=O)c2ccc([N+](=O)[O-])cc2)s1. The minimum Gasteiger partial charge on any atom is -0.302 e. The number of amides is 1. The van der Waals surface area contributed by atoms with Crippen LogP contribution in [0.15, 0.2) is 47.4 Å². The van der Waals surface area contributed by atoms with Gasteiger partial charge < -0.3 is 5.32 Å². The largest absolute Gasteiger partial charge is 0.302 e. The van der Waals surface area contributed by atoms with Gasteiger partial charge in [0.15, 0.2) is 5.13 Å². The van der Waals surface area contributed by atoms with E-state index in [0.29, 0.717) is 23.8 Å². The number of anilines is 2. The van der Waals surface area contributed by atoms with Crippen LogP contribution in [0.1, 0.15) is 24.6 Å². The summed E-state index contributed by atoms with van der Waals surface area (Å²) in [6.07, 6.45) is 1.38. The van der Waals surface area contributed by atoms with Gasteiger partial charge >= 0.3 is 0 Å². The minimum atomic E-state index is -3.86. The molecule has 11 heteroatoms. The summed E-state index contributed by atoms with van der Waals surface area (Å²) < 4.78 is 27.9. The summed E-state index contributed by atoms with van der Waals surface area (Å²) in [5, 5.41) is 14.1. The smallest absolute Gasteiger partial charge is 0.269 e. The van der Waals surface area contributed by atoms with Crippen LogP contribution in [0, 0.1) is 17.0 Å². The maximum absolute atomic E-state index is 13.3. The zero-order valence-corrected chi connectivity index (χ0v) is 19.0. The molecular formula is C21H20N4O5S2. The summed E-state index contributed by atoms with van der Waals surface area (Å²) in [7, 11) is -3.86. The molecule has 3 aromatic rings. The average molecular weight is 473 g/mol. The molecule has 0 spiro atoms. The molecule has 9 nitrogen and oxygen atoms in total. The molecule has 1 amide bonds. The standard InChI is InChI=1S/C21H20N4O5S2/c1-13-20(31-21(22-13)23-14(2)26)16-5-10-19-15(12-16)4-3-11-24(19)32(29,30)18-8-6-17(7-9-18)25(27)28/h5-10,12H,3-4,11H2,1-2H3,(H,22,23,26). The van der Waals surface area contributed by atoms with Crippen LogP contribution in [0.3, 0.4) is 0 Å². The fourth-order valence-electron chi connectivity index (χ4n) is 3.69. The average Bonchev–Trinajstić information content (AvgIpc) is 3.12. The highest BCUT2D eigenvalue weighted by Crippen LogP contribution is 2.38. The van der Waals surface area contributed by atoms with Gasteiger partial charge in [0.05, 0.1) is 26.1 Å². The highest BCUT2D eigenvalue weighted by Gasteiger charge is 2.30. The van der Waals surface area contributed by atoms with Crippen LogP contribution in [-0.4, -0.2) is 30.8 Å². The second-order valence-corrected chi connectivity index (χ2v) is 10.3. The lowest BCUT2D eigenvalue weighted by atomic mass is 10.00. The van der Waals surface area contributed by atoms with Crippen molar-refractivity contribution in [3.63, 3.8) is 0 Å². The van der Waals surface area contributed by atoms with Crippen LogP contribution in [-0.2, 0) is 21.2 Å². The molecule has 0 unspecified atom stereocenters. The lowest BCUT2D eigenvalue weighted by Gasteiger charge is -2.30. The number of thiazole rings is 1. The first-order valence-electron chi connectivity index (χ1n) is 9.82. The molecule has 1 aliphatic rings. The lowest BCUT2D eigenvalue weighted by molar-refractivity contribution is -0.384. The van der Waals surface area contributed by atoms with Crippen LogP contribution in [0.25, 0.3) is 10.4 Å². The van der Waals surface area contributed by atoms with Crippen LogP contribution in [0.2, 0.25) is 0 Å². The van der Waals surface area contributed by atoms with Crippen LogP contribution in [0.5, 0.6) is 0 Å². The molecule has 2 heterocycles. The quantitative estimate of drug-likeness (QED) is 0.440. The fourth-order valence-corrected chi connectivity index (χ4v) is 6.24. The van der Waals surface area contributed by atoms with Gasteiger partial charge in [0.2, 0.25) is 5.91 Å². The molecule has 0 atom stereocenters. The third-order valence-corrected chi connectivity index (χ3v) is 8.08. The number of fused-ring (bicyclic) bond motifs is 1. The van der Waals surface area contributed by atoms with Crippen molar-refractivity contribution in [1.82, 2.24) is 4.98 Å². The van der Waals surface area contributed by atoms with E-state index in [9.17, 15) is 23.3 Å². The summed E-state index contributed by atoms with van der Waals surface area (Å²) in [6, 6.07) is 10.5. The van der Waals surface area contributed by atoms with Gasteiger partial charge in [-0.05, 0) is 55.2 Å². The third kappa shape index (κ3) is 4.08. The molecule has 0 radical (unpaired) electrons. The number of sulfonamides is 1. The Morgan fingerprint density at radius 2 is 1.94 bits per heavy atom. The van der Waals surface area contributed by atoms with E-state index in [1.54, 1.807) is 6.07 Å². The summed E-state index contributed by atoms with van der Waals surface area (Å²) in [5.74, 6) is -0.192. The highest BCUT2D eigenvalue weighted by molar-refractivity contribution is 7.92. The zero-order chi connectivity index (χ0) is 23.0. The maximum Gasteiger partial charge on any atom is 0.269 e. The van der Waals surface area contributed by atoms with Gasteiger partial charge in [-0.25, -0.2) is 13.4 Å². The predicted octanol–water partition coefficient (Wildman–Crippen LogP) is 4.13. The van der Waals surface area contributed by atoms with Gasteiger partial charge in [-0.2, -0.15) is 0 Å². The number of nitro groups is 1. The molecule has 4 rings (SSSR count). The van der Waals surface area contributed by atoms with E-state index in [1.807, 2.05) is 19.1 Å².